The topological polar surface area (TPSA) is 26.0 Å². The Morgan fingerprint density at radius 1 is 1.29 bits per heavy atom. The van der Waals surface area contributed by atoms with Crippen LogP contribution in [0.3, 0.4) is 0 Å². The van der Waals surface area contributed by atoms with Crippen molar-refractivity contribution in [2.24, 2.45) is 0 Å². The number of aryl methyl sites for hydroxylation is 1. The Morgan fingerprint density at radius 3 is 2.64 bits per heavy atom. The minimum absolute atomic E-state index is 0.780. The van der Waals surface area contributed by atoms with Crippen LogP contribution >= 0.6 is 27.3 Å². The normalized spacial score (nSPS) is 10.4. The van der Waals surface area contributed by atoms with Crippen LogP contribution in [-0.4, -0.2) is 0 Å². The molecule has 2 N–H and O–H groups in total. The Kier molecular flexibility index (Phi) is 2.61. The van der Waals surface area contributed by atoms with Crippen LogP contribution < -0.4 is 5.73 Å². The number of hydrogen-bond donors (Lipinski definition) is 1. The number of anilines is 1. The molecule has 0 unspecified atom stereocenters. The van der Waals surface area contributed by atoms with Gasteiger partial charge in [0.1, 0.15) is 0 Å². The first kappa shape index (κ1) is 9.74. The summed E-state index contributed by atoms with van der Waals surface area (Å²) in [6.07, 6.45) is 0. The molecule has 0 atom stereocenters. The fourth-order valence-corrected chi connectivity index (χ4v) is 2.54. The Hall–Kier alpha value is -0.800. The molecule has 1 nitrogen and oxygen atoms in total. The predicted octanol–water partition coefficient (Wildman–Crippen LogP) is 4.07. The van der Waals surface area contributed by atoms with Gasteiger partial charge in [-0.1, -0.05) is 6.07 Å². The Balaban J connectivity index is 2.47. The highest BCUT2D eigenvalue weighted by molar-refractivity contribution is 9.10. The van der Waals surface area contributed by atoms with Gasteiger partial charge in [-0.3, -0.25) is 0 Å². The highest BCUT2D eigenvalue weighted by Gasteiger charge is 2.02. The summed E-state index contributed by atoms with van der Waals surface area (Å²) in [7, 11) is 0. The molecule has 0 fully saturated rings. The Morgan fingerprint density at radius 2 is 2.07 bits per heavy atom. The molecule has 1 heterocycles. The van der Waals surface area contributed by atoms with E-state index in [0.29, 0.717) is 0 Å². The molecular weight excluding hydrogens is 258 g/mol. The molecule has 0 amide bonds. The summed E-state index contributed by atoms with van der Waals surface area (Å²) in [6.45, 7) is 2.10. The van der Waals surface area contributed by atoms with Crippen molar-refractivity contribution in [3.63, 3.8) is 0 Å². The van der Waals surface area contributed by atoms with E-state index in [-0.39, 0.29) is 0 Å². The van der Waals surface area contributed by atoms with E-state index >= 15 is 0 Å². The number of nitrogen functional groups attached to an aromatic ring is 1. The highest BCUT2D eigenvalue weighted by Crippen LogP contribution is 2.31. The summed E-state index contributed by atoms with van der Waals surface area (Å²) in [4.78, 5) is 1.28. The lowest BCUT2D eigenvalue weighted by Gasteiger charge is -2.01. The molecular formula is C11H10BrNS. The van der Waals surface area contributed by atoms with Crippen LogP contribution in [0.25, 0.3) is 10.4 Å². The fraction of sp³-hybridized carbons (Fsp3) is 0.0909. The summed E-state index contributed by atoms with van der Waals surface area (Å²) in [6, 6.07) is 8.21. The predicted molar refractivity (Wildman–Crippen MR) is 66.6 cm³/mol. The van der Waals surface area contributed by atoms with Gasteiger partial charge in [-0.25, -0.2) is 0 Å². The van der Waals surface area contributed by atoms with Crippen LogP contribution in [-0.2, 0) is 0 Å². The number of halogens is 1. The number of nitrogens with two attached hydrogens (primary N) is 1. The van der Waals surface area contributed by atoms with E-state index < -0.39 is 0 Å². The van der Waals surface area contributed by atoms with Gasteiger partial charge in [0, 0.05) is 15.0 Å². The average Bonchev–Trinajstić information content (AvgIpc) is 2.57. The molecule has 0 aliphatic heterocycles. The summed E-state index contributed by atoms with van der Waals surface area (Å²) in [5, 5.41) is 2.15. The fourth-order valence-electron chi connectivity index (χ4n) is 1.26. The zero-order chi connectivity index (χ0) is 10.1. The van der Waals surface area contributed by atoms with Crippen LogP contribution in [0.15, 0.2) is 34.1 Å². The second-order valence-electron chi connectivity index (χ2n) is 3.22. The Bertz CT molecular complexity index is 462. The van der Waals surface area contributed by atoms with Crippen molar-refractivity contribution < 1.29 is 0 Å². The molecule has 1 aromatic heterocycles. The maximum absolute atomic E-state index is 5.73. The largest absolute Gasteiger partial charge is 0.398 e. The van der Waals surface area contributed by atoms with Crippen molar-refractivity contribution in [3.8, 4) is 10.4 Å². The molecule has 3 heteroatoms. The lowest BCUT2D eigenvalue weighted by Crippen LogP contribution is -1.85. The highest BCUT2D eigenvalue weighted by atomic mass is 79.9. The number of hydrogen-bond acceptors (Lipinski definition) is 2. The number of thiophene rings is 1. The van der Waals surface area contributed by atoms with Crippen LogP contribution in [0, 0.1) is 6.92 Å². The first-order chi connectivity index (χ1) is 6.66. The lowest BCUT2D eigenvalue weighted by atomic mass is 10.1. The monoisotopic (exact) mass is 267 g/mol. The molecule has 0 spiro atoms. The molecule has 2 aromatic rings. The summed E-state index contributed by atoms with van der Waals surface area (Å²) < 4.78 is 0.959. The van der Waals surface area contributed by atoms with Gasteiger partial charge in [-0.05, 0) is 57.6 Å². The van der Waals surface area contributed by atoms with E-state index in [1.54, 1.807) is 11.3 Å². The maximum Gasteiger partial charge on any atom is 0.0458 e. The van der Waals surface area contributed by atoms with Crippen LogP contribution in [0.4, 0.5) is 5.69 Å². The van der Waals surface area contributed by atoms with Gasteiger partial charge < -0.3 is 5.73 Å². The van der Waals surface area contributed by atoms with Gasteiger partial charge in [0.05, 0.1) is 0 Å². The zero-order valence-corrected chi connectivity index (χ0v) is 10.2. The van der Waals surface area contributed by atoms with E-state index in [2.05, 4.69) is 40.4 Å². The van der Waals surface area contributed by atoms with Crippen molar-refractivity contribution in [1.29, 1.82) is 0 Å². The third-order valence-electron chi connectivity index (χ3n) is 2.02. The summed E-state index contributed by atoms with van der Waals surface area (Å²) >= 11 is 5.19. The van der Waals surface area contributed by atoms with E-state index in [9.17, 15) is 0 Å². The van der Waals surface area contributed by atoms with Crippen LogP contribution in [0.5, 0.6) is 0 Å². The first-order valence-electron chi connectivity index (χ1n) is 4.27. The van der Waals surface area contributed by atoms with Gasteiger partial charge in [0.2, 0.25) is 0 Å². The van der Waals surface area contributed by atoms with Gasteiger partial charge in [-0.2, -0.15) is 0 Å². The van der Waals surface area contributed by atoms with Crippen molar-refractivity contribution in [1.82, 2.24) is 0 Å². The summed E-state index contributed by atoms with van der Waals surface area (Å²) in [5.41, 5.74) is 9.02. The molecule has 72 valence electrons. The van der Waals surface area contributed by atoms with E-state index in [1.807, 2.05) is 12.1 Å². The van der Waals surface area contributed by atoms with Gasteiger partial charge in [-0.15, -0.1) is 11.3 Å². The SMILES string of the molecule is Cc1csc(-c2ccc(N)c(Br)c2)c1. The lowest BCUT2D eigenvalue weighted by molar-refractivity contribution is 1.55. The smallest absolute Gasteiger partial charge is 0.0458 e. The quantitative estimate of drug-likeness (QED) is 0.775. The molecule has 0 saturated heterocycles. The number of rotatable bonds is 1. The van der Waals surface area contributed by atoms with Crippen molar-refractivity contribution in [2.75, 3.05) is 5.73 Å². The molecule has 0 aliphatic rings. The third kappa shape index (κ3) is 1.83. The zero-order valence-electron chi connectivity index (χ0n) is 7.75. The van der Waals surface area contributed by atoms with Gasteiger partial charge >= 0.3 is 0 Å². The average molecular weight is 268 g/mol. The Labute approximate surface area is 95.7 Å². The molecule has 2 rings (SSSR count). The van der Waals surface area contributed by atoms with Crippen LogP contribution in [0.2, 0.25) is 0 Å². The molecule has 0 saturated carbocycles. The van der Waals surface area contributed by atoms with E-state index in [0.717, 1.165) is 10.2 Å². The minimum atomic E-state index is 0.780. The summed E-state index contributed by atoms with van der Waals surface area (Å²) in [5.74, 6) is 0. The second-order valence-corrected chi connectivity index (χ2v) is 4.99. The van der Waals surface area contributed by atoms with Gasteiger partial charge in [0.15, 0.2) is 0 Å². The van der Waals surface area contributed by atoms with Crippen molar-refractivity contribution in [3.05, 3.63) is 39.7 Å². The van der Waals surface area contributed by atoms with Crippen molar-refractivity contribution >= 4 is 33.0 Å². The van der Waals surface area contributed by atoms with Crippen LogP contribution in [0.1, 0.15) is 5.56 Å². The molecule has 14 heavy (non-hydrogen) atoms. The minimum Gasteiger partial charge on any atom is -0.398 e. The molecule has 1 aromatic carbocycles. The standard InChI is InChI=1S/C11H10BrNS/c1-7-4-11(14-6-7)8-2-3-10(13)9(12)5-8/h2-6H,13H2,1H3. The maximum atomic E-state index is 5.73. The molecule has 0 aliphatic carbocycles. The molecule has 0 radical (unpaired) electrons. The van der Waals surface area contributed by atoms with Gasteiger partial charge in [0.25, 0.3) is 0 Å². The molecule has 0 bridgehead atoms. The van der Waals surface area contributed by atoms with E-state index in [1.165, 1.54) is 16.0 Å². The van der Waals surface area contributed by atoms with Crippen molar-refractivity contribution in [2.45, 2.75) is 6.92 Å². The third-order valence-corrected chi connectivity index (χ3v) is 3.80. The number of benzene rings is 1. The first-order valence-corrected chi connectivity index (χ1v) is 5.94. The second kappa shape index (κ2) is 3.75. The van der Waals surface area contributed by atoms with E-state index in [4.69, 9.17) is 5.73 Å².